The van der Waals surface area contributed by atoms with Crippen LogP contribution in [0.3, 0.4) is 0 Å². The van der Waals surface area contributed by atoms with E-state index in [0.29, 0.717) is 17.5 Å². The molecule has 11 rings (SSSR count). The minimum Gasteiger partial charge on any atom is -0.456 e. The van der Waals surface area contributed by atoms with E-state index in [-0.39, 0.29) is 0 Å². The predicted octanol–water partition coefficient (Wildman–Crippen LogP) is 13.2. The lowest BCUT2D eigenvalue weighted by atomic mass is 9.97. The van der Waals surface area contributed by atoms with Crippen LogP contribution >= 0.6 is 0 Å². The van der Waals surface area contributed by atoms with Crippen molar-refractivity contribution >= 4 is 54.6 Å². The molecule has 0 saturated carbocycles. The topological polar surface area (TPSA) is 65.0 Å². The van der Waals surface area contributed by atoms with Crippen LogP contribution in [0.5, 0.6) is 0 Å². The fourth-order valence-electron chi connectivity index (χ4n) is 7.74. The molecular weight excluding hydrogens is 663 g/mol. The molecule has 0 bridgehead atoms. The zero-order valence-corrected chi connectivity index (χ0v) is 28.9. The maximum atomic E-state index is 6.49. The number of rotatable bonds is 5. The number of hydrogen-bond donors (Lipinski definition) is 0. The lowest BCUT2D eigenvalue weighted by Crippen LogP contribution is -2.00. The van der Waals surface area contributed by atoms with Crippen LogP contribution in [-0.4, -0.2) is 15.0 Å². The molecular formula is C49H29N3O2. The Morgan fingerprint density at radius 3 is 1.61 bits per heavy atom. The van der Waals surface area contributed by atoms with Crippen molar-refractivity contribution in [1.82, 2.24) is 15.0 Å². The van der Waals surface area contributed by atoms with E-state index in [2.05, 4.69) is 127 Å². The highest BCUT2D eigenvalue weighted by atomic mass is 16.3. The smallest absolute Gasteiger partial charge is 0.164 e. The SMILES string of the molecule is c1ccc(-c2cccc(-c3ccc4oc5cccc(-c6nc(-c7ccc8ccccc8c7)nc(-c7cccc8oc9ccccc9c78)n6)c5c4c3)c2)cc1. The van der Waals surface area contributed by atoms with Gasteiger partial charge in [0.05, 0.1) is 0 Å². The third kappa shape index (κ3) is 4.98. The molecule has 0 radical (unpaired) electrons. The highest BCUT2D eigenvalue weighted by molar-refractivity contribution is 6.14. The summed E-state index contributed by atoms with van der Waals surface area (Å²) in [4.78, 5) is 15.6. The molecule has 0 aliphatic heterocycles. The van der Waals surface area contributed by atoms with Gasteiger partial charge in [0.2, 0.25) is 0 Å². The van der Waals surface area contributed by atoms with Crippen molar-refractivity contribution < 1.29 is 8.83 Å². The first-order chi connectivity index (χ1) is 26.7. The zero-order chi connectivity index (χ0) is 35.6. The normalized spacial score (nSPS) is 11.7. The Kier molecular flexibility index (Phi) is 6.79. The van der Waals surface area contributed by atoms with E-state index in [0.717, 1.165) is 82.5 Å². The van der Waals surface area contributed by atoms with Crippen molar-refractivity contribution in [3.63, 3.8) is 0 Å². The van der Waals surface area contributed by atoms with Gasteiger partial charge in [-0.3, -0.25) is 0 Å². The highest BCUT2D eigenvalue weighted by Gasteiger charge is 2.21. The minimum atomic E-state index is 0.567. The summed E-state index contributed by atoms with van der Waals surface area (Å²) >= 11 is 0. The number of para-hydroxylation sites is 1. The number of aromatic nitrogens is 3. The second-order valence-electron chi connectivity index (χ2n) is 13.6. The Morgan fingerprint density at radius 2 is 0.833 bits per heavy atom. The van der Waals surface area contributed by atoms with Gasteiger partial charge in [0, 0.05) is 38.2 Å². The standard InChI is InChI=1S/C49H29N3O2/c1-2-11-30(12-3-1)33-15-8-16-34(27-33)35-25-26-42-40(29-35)46-39(19-10-22-44(46)54-42)49-51-47(36-24-23-31-13-4-5-14-32(31)28-36)50-48(52-49)38-18-9-21-43-45(38)37-17-6-7-20-41(37)53-43/h1-29H. The molecule has 0 saturated heterocycles. The average molecular weight is 692 g/mol. The maximum absolute atomic E-state index is 6.49. The van der Waals surface area contributed by atoms with Gasteiger partial charge in [-0.15, -0.1) is 0 Å². The summed E-state index contributed by atoms with van der Waals surface area (Å²) in [6, 6.07) is 60.5. The third-order valence-electron chi connectivity index (χ3n) is 10.3. The van der Waals surface area contributed by atoms with Gasteiger partial charge in [-0.05, 0) is 75.5 Å². The number of hydrogen-bond acceptors (Lipinski definition) is 5. The summed E-state index contributed by atoms with van der Waals surface area (Å²) < 4.78 is 12.8. The van der Waals surface area contributed by atoms with Crippen LogP contribution in [0.4, 0.5) is 0 Å². The van der Waals surface area contributed by atoms with Gasteiger partial charge >= 0.3 is 0 Å². The number of furan rings is 2. The van der Waals surface area contributed by atoms with E-state index in [1.54, 1.807) is 0 Å². The monoisotopic (exact) mass is 691 g/mol. The molecule has 54 heavy (non-hydrogen) atoms. The second-order valence-corrected chi connectivity index (χ2v) is 13.6. The van der Waals surface area contributed by atoms with E-state index in [1.807, 2.05) is 48.5 Å². The van der Waals surface area contributed by atoms with E-state index in [1.165, 1.54) is 11.1 Å². The summed E-state index contributed by atoms with van der Waals surface area (Å²) in [6.45, 7) is 0. The minimum absolute atomic E-state index is 0.567. The van der Waals surface area contributed by atoms with Gasteiger partial charge in [-0.1, -0.05) is 133 Å². The molecule has 0 spiro atoms. The fourth-order valence-corrected chi connectivity index (χ4v) is 7.74. The highest BCUT2D eigenvalue weighted by Crippen LogP contribution is 2.40. The molecule has 3 heterocycles. The van der Waals surface area contributed by atoms with Gasteiger partial charge in [0.1, 0.15) is 22.3 Å². The van der Waals surface area contributed by atoms with Crippen LogP contribution in [0.25, 0.3) is 111 Å². The van der Waals surface area contributed by atoms with E-state index < -0.39 is 0 Å². The largest absolute Gasteiger partial charge is 0.456 e. The molecule has 8 aromatic carbocycles. The first-order valence-electron chi connectivity index (χ1n) is 18.0. The first kappa shape index (κ1) is 30.3. The Hall–Kier alpha value is -7.37. The fraction of sp³-hybridized carbons (Fsp3) is 0. The molecule has 5 nitrogen and oxygen atoms in total. The Labute approximate surface area is 309 Å². The molecule has 3 aromatic heterocycles. The summed E-state index contributed by atoms with van der Waals surface area (Å²) in [6.07, 6.45) is 0. The predicted molar refractivity (Wildman–Crippen MR) is 219 cm³/mol. The quantitative estimate of drug-likeness (QED) is 0.180. The molecule has 0 fully saturated rings. The molecule has 11 aromatic rings. The van der Waals surface area contributed by atoms with Crippen molar-refractivity contribution in [3.8, 4) is 56.4 Å². The van der Waals surface area contributed by atoms with Crippen molar-refractivity contribution in [1.29, 1.82) is 0 Å². The molecule has 0 aliphatic carbocycles. The van der Waals surface area contributed by atoms with Crippen LogP contribution in [0.1, 0.15) is 0 Å². The van der Waals surface area contributed by atoms with Gasteiger partial charge in [0.25, 0.3) is 0 Å². The summed E-state index contributed by atoms with van der Waals surface area (Å²) in [5, 5.41) is 6.23. The van der Waals surface area contributed by atoms with E-state index in [4.69, 9.17) is 23.8 Å². The van der Waals surface area contributed by atoms with E-state index >= 15 is 0 Å². The molecule has 0 N–H and O–H groups in total. The second kappa shape index (κ2) is 12.1. The van der Waals surface area contributed by atoms with Crippen LogP contribution in [0, 0.1) is 0 Å². The maximum Gasteiger partial charge on any atom is 0.164 e. The van der Waals surface area contributed by atoms with Crippen molar-refractivity contribution in [3.05, 3.63) is 176 Å². The van der Waals surface area contributed by atoms with Crippen molar-refractivity contribution in [2.75, 3.05) is 0 Å². The molecule has 252 valence electrons. The lowest BCUT2D eigenvalue weighted by molar-refractivity contribution is 0.668. The number of benzene rings is 8. The average Bonchev–Trinajstić information content (AvgIpc) is 3.82. The molecule has 5 heteroatoms. The number of nitrogens with zero attached hydrogens (tertiary/aromatic N) is 3. The summed E-state index contributed by atoms with van der Waals surface area (Å²) in [5.74, 6) is 1.73. The third-order valence-corrected chi connectivity index (χ3v) is 10.3. The molecule has 0 unspecified atom stereocenters. The van der Waals surface area contributed by atoms with Gasteiger partial charge in [-0.25, -0.2) is 15.0 Å². The zero-order valence-electron chi connectivity index (χ0n) is 28.9. The lowest BCUT2D eigenvalue weighted by Gasteiger charge is -2.11. The van der Waals surface area contributed by atoms with Gasteiger partial charge in [0.15, 0.2) is 17.5 Å². The van der Waals surface area contributed by atoms with Crippen LogP contribution in [0.15, 0.2) is 185 Å². The van der Waals surface area contributed by atoms with Gasteiger partial charge < -0.3 is 8.83 Å². The molecule has 0 amide bonds. The van der Waals surface area contributed by atoms with Crippen molar-refractivity contribution in [2.24, 2.45) is 0 Å². The van der Waals surface area contributed by atoms with Crippen LogP contribution in [0.2, 0.25) is 0 Å². The molecule has 0 atom stereocenters. The Morgan fingerprint density at radius 1 is 0.296 bits per heavy atom. The first-order valence-corrected chi connectivity index (χ1v) is 18.0. The number of fused-ring (bicyclic) bond motifs is 7. The van der Waals surface area contributed by atoms with Crippen LogP contribution in [-0.2, 0) is 0 Å². The van der Waals surface area contributed by atoms with Crippen LogP contribution < -0.4 is 0 Å². The molecule has 0 aliphatic rings. The Bertz CT molecular complexity index is 3230. The Balaban J connectivity index is 1.14. The summed E-state index contributed by atoms with van der Waals surface area (Å²) in [7, 11) is 0. The van der Waals surface area contributed by atoms with Gasteiger partial charge in [-0.2, -0.15) is 0 Å². The summed E-state index contributed by atoms with van der Waals surface area (Å²) in [5.41, 5.74) is 10.4. The van der Waals surface area contributed by atoms with Crippen molar-refractivity contribution in [2.45, 2.75) is 0 Å². The van der Waals surface area contributed by atoms with E-state index in [9.17, 15) is 0 Å².